The number of ether oxygens (including phenoxy) is 2. The zero-order chi connectivity index (χ0) is 14.8. The first-order valence-corrected chi connectivity index (χ1v) is 6.46. The Morgan fingerprint density at radius 3 is 2.47 bits per heavy atom. The summed E-state index contributed by atoms with van der Waals surface area (Å²) in [6.07, 6.45) is -1.82. The lowest BCUT2D eigenvalue weighted by Gasteiger charge is -2.46. The molecule has 0 radical (unpaired) electrons. The highest BCUT2D eigenvalue weighted by molar-refractivity contribution is 5.74. The van der Waals surface area contributed by atoms with E-state index in [2.05, 4.69) is 0 Å². The van der Waals surface area contributed by atoms with Gasteiger partial charge in [0.05, 0.1) is 12.5 Å². The topological polar surface area (TPSA) is 93.1 Å². The van der Waals surface area contributed by atoms with Crippen molar-refractivity contribution in [2.24, 2.45) is 11.8 Å². The number of rotatable bonds is 3. The Labute approximate surface area is 112 Å². The smallest absolute Gasteiger partial charge is 0.312 e. The van der Waals surface area contributed by atoms with E-state index in [-0.39, 0.29) is 12.5 Å². The molecule has 1 fully saturated rings. The molecule has 1 aliphatic rings. The van der Waals surface area contributed by atoms with E-state index in [0.29, 0.717) is 6.42 Å². The van der Waals surface area contributed by atoms with Crippen molar-refractivity contribution in [3.05, 3.63) is 0 Å². The van der Waals surface area contributed by atoms with Crippen LogP contribution < -0.4 is 0 Å². The summed E-state index contributed by atoms with van der Waals surface area (Å²) >= 11 is 0. The Bertz CT molecular complexity index is 351. The third-order valence-corrected chi connectivity index (χ3v) is 3.61. The largest absolute Gasteiger partial charge is 0.466 e. The maximum Gasteiger partial charge on any atom is 0.312 e. The zero-order valence-corrected chi connectivity index (χ0v) is 11.8. The fraction of sp³-hybridized carbons (Fsp3) is 0.846. The van der Waals surface area contributed by atoms with Crippen LogP contribution in [-0.4, -0.2) is 46.6 Å². The van der Waals surface area contributed by atoms with Gasteiger partial charge in [0.2, 0.25) is 0 Å². The van der Waals surface area contributed by atoms with Gasteiger partial charge < -0.3 is 19.7 Å². The molecule has 1 rings (SSSR count). The second-order valence-corrected chi connectivity index (χ2v) is 5.26. The lowest BCUT2D eigenvalue weighted by atomic mass is 9.67. The highest BCUT2D eigenvalue weighted by Gasteiger charge is 2.54. The fourth-order valence-corrected chi connectivity index (χ4v) is 2.80. The highest BCUT2D eigenvalue weighted by atomic mass is 16.6. The van der Waals surface area contributed by atoms with Crippen LogP contribution in [0.2, 0.25) is 0 Å². The average Bonchev–Trinajstić information content (AvgIpc) is 2.24. The van der Waals surface area contributed by atoms with Crippen LogP contribution >= 0.6 is 0 Å². The van der Waals surface area contributed by atoms with Crippen molar-refractivity contribution in [2.45, 2.75) is 51.9 Å². The number of esters is 2. The molecule has 2 N–H and O–H groups in total. The highest BCUT2D eigenvalue weighted by Crippen LogP contribution is 2.40. The third-order valence-electron chi connectivity index (χ3n) is 3.61. The molecule has 0 bridgehead atoms. The summed E-state index contributed by atoms with van der Waals surface area (Å²) in [5, 5.41) is 20.5. The van der Waals surface area contributed by atoms with Gasteiger partial charge in [0.15, 0.2) is 0 Å². The van der Waals surface area contributed by atoms with E-state index in [9.17, 15) is 19.8 Å². The Balaban J connectivity index is 2.94. The average molecular weight is 274 g/mol. The van der Waals surface area contributed by atoms with Crippen molar-refractivity contribution in [1.82, 2.24) is 0 Å². The number of carbonyl (C=O) groups is 2. The quantitative estimate of drug-likeness (QED) is 0.717. The minimum Gasteiger partial charge on any atom is -0.466 e. The molecule has 1 saturated carbocycles. The van der Waals surface area contributed by atoms with Crippen LogP contribution in [-0.2, 0) is 19.1 Å². The van der Waals surface area contributed by atoms with Crippen molar-refractivity contribution < 1.29 is 29.3 Å². The number of aliphatic hydroxyl groups excluding tert-OH is 1. The summed E-state index contributed by atoms with van der Waals surface area (Å²) in [5.74, 6) is -2.17. The van der Waals surface area contributed by atoms with Crippen molar-refractivity contribution in [3.8, 4) is 0 Å². The molecule has 110 valence electrons. The van der Waals surface area contributed by atoms with Crippen LogP contribution in [0.3, 0.4) is 0 Å². The number of aliphatic hydroxyl groups is 2. The SMILES string of the molecule is CCOC(=O)[C@H]1[C@@H](C)C[C@@H](OC(C)=O)[C@@H](O)[C@]1(C)O. The van der Waals surface area contributed by atoms with E-state index in [4.69, 9.17) is 9.47 Å². The van der Waals surface area contributed by atoms with Crippen molar-refractivity contribution in [3.63, 3.8) is 0 Å². The Morgan fingerprint density at radius 2 is 2.00 bits per heavy atom. The van der Waals surface area contributed by atoms with E-state index in [0.717, 1.165) is 0 Å². The maximum atomic E-state index is 11.9. The zero-order valence-electron chi connectivity index (χ0n) is 11.8. The van der Waals surface area contributed by atoms with E-state index in [1.165, 1.54) is 13.8 Å². The summed E-state index contributed by atoms with van der Waals surface area (Å²) in [4.78, 5) is 22.9. The molecule has 19 heavy (non-hydrogen) atoms. The molecule has 0 saturated heterocycles. The van der Waals surface area contributed by atoms with Crippen LogP contribution in [0, 0.1) is 11.8 Å². The van der Waals surface area contributed by atoms with E-state index < -0.39 is 35.7 Å². The van der Waals surface area contributed by atoms with Gasteiger partial charge in [0.1, 0.15) is 17.8 Å². The van der Waals surface area contributed by atoms with Crippen molar-refractivity contribution in [2.75, 3.05) is 6.61 Å². The van der Waals surface area contributed by atoms with Gasteiger partial charge in [-0.25, -0.2) is 0 Å². The molecule has 0 spiro atoms. The molecule has 6 heteroatoms. The van der Waals surface area contributed by atoms with Crippen molar-refractivity contribution in [1.29, 1.82) is 0 Å². The van der Waals surface area contributed by atoms with Gasteiger partial charge in [-0.15, -0.1) is 0 Å². The second-order valence-electron chi connectivity index (χ2n) is 5.26. The summed E-state index contributed by atoms with van der Waals surface area (Å²) in [5.41, 5.74) is -1.69. The van der Waals surface area contributed by atoms with E-state index >= 15 is 0 Å². The molecular formula is C13H22O6. The lowest BCUT2D eigenvalue weighted by Crippen LogP contribution is -2.61. The van der Waals surface area contributed by atoms with Crippen LogP contribution in [0.25, 0.3) is 0 Å². The van der Waals surface area contributed by atoms with Gasteiger partial charge in [-0.05, 0) is 26.2 Å². The summed E-state index contributed by atoms with van der Waals surface area (Å²) in [6.45, 7) is 6.26. The molecule has 6 nitrogen and oxygen atoms in total. The standard InChI is InChI=1S/C13H22O6/c1-5-18-12(16)10-7(2)6-9(19-8(3)14)11(15)13(10,4)17/h7,9-11,15,17H,5-6H2,1-4H3/t7-,9+,10+,11+,13+/m0/s1. The molecule has 0 heterocycles. The van der Waals surface area contributed by atoms with Gasteiger partial charge in [-0.2, -0.15) is 0 Å². The van der Waals surface area contributed by atoms with Crippen molar-refractivity contribution >= 4 is 11.9 Å². The van der Waals surface area contributed by atoms with Crippen LogP contribution in [0.4, 0.5) is 0 Å². The number of hydrogen-bond donors (Lipinski definition) is 2. The minimum absolute atomic E-state index is 0.210. The molecule has 0 unspecified atom stereocenters. The maximum absolute atomic E-state index is 11.9. The van der Waals surface area contributed by atoms with Crippen LogP contribution in [0.1, 0.15) is 34.1 Å². The van der Waals surface area contributed by atoms with Crippen LogP contribution in [0.15, 0.2) is 0 Å². The first-order chi connectivity index (χ1) is 8.71. The molecule has 0 aromatic rings. The molecule has 0 aromatic heterocycles. The molecule has 0 aromatic carbocycles. The third kappa shape index (κ3) is 3.25. The first kappa shape index (κ1) is 15.9. The molecule has 0 amide bonds. The number of carbonyl (C=O) groups excluding carboxylic acids is 2. The van der Waals surface area contributed by atoms with Gasteiger partial charge in [0, 0.05) is 6.92 Å². The first-order valence-electron chi connectivity index (χ1n) is 6.46. The normalized spacial score (nSPS) is 38.6. The van der Waals surface area contributed by atoms with E-state index in [1.54, 1.807) is 13.8 Å². The lowest BCUT2D eigenvalue weighted by molar-refractivity contribution is -0.210. The summed E-state index contributed by atoms with van der Waals surface area (Å²) in [7, 11) is 0. The summed E-state index contributed by atoms with van der Waals surface area (Å²) < 4.78 is 9.93. The number of hydrogen-bond acceptors (Lipinski definition) is 6. The van der Waals surface area contributed by atoms with Gasteiger partial charge in [-0.3, -0.25) is 9.59 Å². The molecule has 1 aliphatic carbocycles. The Morgan fingerprint density at radius 1 is 1.42 bits per heavy atom. The van der Waals surface area contributed by atoms with Gasteiger partial charge >= 0.3 is 11.9 Å². The molecule has 5 atom stereocenters. The van der Waals surface area contributed by atoms with Crippen LogP contribution in [0.5, 0.6) is 0 Å². The van der Waals surface area contributed by atoms with E-state index in [1.807, 2.05) is 0 Å². The minimum atomic E-state index is -1.69. The fourth-order valence-electron chi connectivity index (χ4n) is 2.80. The predicted molar refractivity (Wildman–Crippen MR) is 66.1 cm³/mol. The summed E-state index contributed by atoms with van der Waals surface area (Å²) in [6, 6.07) is 0. The second kappa shape index (κ2) is 5.88. The van der Waals surface area contributed by atoms with Gasteiger partial charge in [0.25, 0.3) is 0 Å². The Kier molecular flexibility index (Phi) is 4.92. The molecular weight excluding hydrogens is 252 g/mol. The molecule has 0 aliphatic heterocycles. The predicted octanol–water partition coefficient (Wildman–Crippen LogP) is 0.249. The van der Waals surface area contributed by atoms with Gasteiger partial charge in [-0.1, -0.05) is 6.92 Å². The Hall–Kier alpha value is -1.14. The monoisotopic (exact) mass is 274 g/mol.